The Morgan fingerprint density at radius 1 is 1.69 bits per heavy atom. The Morgan fingerprint density at radius 2 is 2.38 bits per heavy atom. The summed E-state index contributed by atoms with van der Waals surface area (Å²) >= 11 is 0. The molecule has 0 aromatic carbocycles. The van der Waals surface area contributed by atoms with Crippen molar-refractivity contribution in [3.05, 3.63) is 23.4 Å². The zero-order valence-electron chi connectivity index (χ0n) is 9.43. The Labute approximate surface area is 94.2 Å². The van der Waals surface area contributed by atoms with E-state index in [1.165, 1.54) is 0 Å². The van der Waals surface area contributed by atoms with E-state index in [0.29, 0.717) is 12.3 Å². The first-order valence-electron chi connectivity index (χ1n) is 5.02. The Bertz CT molecular complexity index is 379. The van der Waals surface area contributed by atoms with Gasteiger partial charge in [0.1, 0.15) is 0 Å². The first-order valence-corrected chi connectivity index (χ1v) is 5.02. The molecule has 1 aromatic rings. The molecule has 0 spiro atoms. The Hall–Kier alpha value is -1.62. The fourth-order valence-corrected chi connectivity index (χ4v) is 1.45. The number of carbonyl (C=O) groups is 1. The fraction of sp³-hybridized carbons (Fsp3) is 0.455. The van der Waals surface area contributed by atoms with Gasteiger partial charge >= 0.3 is 5.97 Å². The first kappa shape index (κ1) is 12.4. The van der Waals surface area contributed by atoms with Crippen LogP contribution in [0.2, 0.25) is 0 Å². The predicted octanol–water partition coefficient (Wildman–Crippen LogP) is 1.26. The number of pyridine rings is 1. The molecule has 1 unspecified atom stereocenters. The third-order valence-electron chi connectivity index (χ3n) is 2.34. The second-order valence-electron chi connectivity index (χ2n) is 3.63. The highest BCUT2D eigenvalue weighted by molar-refractivity contribution is 5.66. The van der Waals surface area contributed by atoms with E-state index in [4.69, 9.17) is 15.6 Å². The molecule has 16 heavy (non-hydrogen) atoms. The summed E-state index contributed by atoms with van der Waals surface area (Å²) in [5.41, 5.74) is 7.59. The summed E-state index contributed by atoms with van der Waals surface area (Å²) in [4.78, 5) is 14.5. The van der Waals surface area contributed by atoms with Crippen LogP contribution >= 0.6 is 0 Å². The summed E-state index contributed by atoms with van der Waals surface area (Å²) in [6, 6.07) is 1.58. The lowest BCUT2D eigenvalue weighted by molar-refractivity contribution is -0.137. The summed E-state index contributed by atoms with van der Waals surface area (Å²) in [6.45, 7) is 1.87. The lowest BCUT2D eigenvalue weighted by atomic mass is 10.0. The van der Waals surface area contributed by atoms with E-state index in [1.54, 1.807) is 13.3 Å². The number of aliphatic carboxylic acids is 1. The van der Waals surface area contributed by atoms with Gasteiger partial charge in [-0.3, -0.25) is 4.79 Å². The Morgan fingerprint density at radius 3 is 2.88 bits per heavy atom. The predicted molar refractivity (Wildman–Crippen MR) is 59.3 cm³/mol. The molecule has 0 aliphatic heterocycles. The molecule has 0 saturated heterocycles. The van der Waals surface area contributed by atoms with Gasteiger partial charge in [-0.2, -0.15) is 0 Å². The van der Waals surface area contributed by atoms with Crippen LogP contribution in [0.5, 0.6) is 5.88 Å². The van der Waals surface area contributed by atoms with Gasteiger partial charge in [0.2, 0.25) is 5.88 Å². The van der Waals surface area contributed by atoms with Gasteiger partial charge in [0.25, 0.3) is 0 Å². The average Bonchev–Trinajstić information content (AvgIpc) is 2.25. The molecule has 1 aromatic heterocycles. The van der Waals surface area contributed by atoms with Crippen LogP contribution in [0.4, 0.5) is 0 Å². The second-order valence-corrected chi connectivity index (χ2v) is 3.63. The Balaban J connectivity index is 2.72. The van der Waals surface area contributed by atoms with Gasteiger partial charge in [0, 0.05) is 24.2 Å². The van der Waals surface area contributed by atoms with Crippen molar-refractivity contribution in [1.82, 2.24) is 4.98 Å². The monoisotopic (exact) mass is 224 g/mol. The molecular weight excluding hydrogens is 208 g/mol. The van der Waals surface area contributed by atoms with Crippen molar-refractivity contribution in [3.63, 3.8) is 0 Å². The molecule has 1 atom stereocenters. The molecule has 0 bridgehead atoms. The van der Waals surface area contributed by atoms with Gasteiger partial charge in [0.05, 0.1) is 7.11 Å². The third kappa shape index (κ3) is 3.20. The number of carboxylic acids is 1. The SMILES string of the molecule is COc1ncc(C(N)CCC(=O)O)cc1C. The smallest absolute Gasteiger partial charge is 0.303 e. The lowest BCUT2D eigenvalue weighted by Gasteiger charge is -2.12. The van der Waals surface area contributed by atoms with Gasteiger partial charge < -0.3 is 15.6 Å². The van der Waals surface area contributed by atoms with Crippen molar-refractivity contribution in [2.75, 3.05) is 7.11 Å². The maximum absolute atomic E-state index is 10.4. The summed E-state index contributed by atoms with van der Waals surface area (Å²) < 4.78 is 5.03. The van der Waals surface area contributed by atoms with Crippen molar-refractivity contribution in [2.24, 2.45) is 5.73 Å². The highest BCUT2D eigenvalue weighted by Crippen LogP contribution is 2.20. The van der Waals surface area contributed by atoms with Crippen LogP contribution in [0, 0.1) is 6.92 Å². The number of carboxylic acid groups (broad SMARTS) is 1. The molecule has 0 fully saturated rings. The van der Waals surface area contributed by atoms with E-state index >= 15 is 0 Å². The number of hydrogen-bond donors (Lipinski definition) is 2. The number of nitrogens with two attached hydrogens (primary N) is 1. The molecule has 0 saturated carbocycles. The molecule has 0 aliphatic carbocycles. The summed E-state index contributed by atoms with van der Waals surface area (Å²) in [5, 5.41) is 8.55. The van der Waals surface area contributed by atoms with E-state index in [1.807, 2.05) is 13.0 Å². The molecular formula is C11H16N2O3. The van der Waals surface area contributed by atoms with Crippen LogP contribution in [-0.4, -0.2) is 23.2 Å². The van der Waals surface area contributed by atoms with Crippen molar-refractivity contribution >= 4 is 5.97 Å². The fourth-order valence-electron chi connectivity index (χ4n) is 1.45. The van der Waals surface area contributed by atoms with Crippen LogP contribution in [0.3, 0.4) is 0 Å². The van der Waals surface area contributed by atoms with Gasteiger partial charge in [-0.25, -0.2) is 4.98 Å². The molecule has 0 aliphatic rings. The minimum atomic E-state index is -0.839. The van der Waals surface area contributed by atoms with Crippen LogP contribution in [0.25, 0.3) is 0 Å². The number of aromatic nitrogens is 1. The molecule has 1 rings (SSSR count). The Kier molecular flexibility index (Phi) is 4.25. The molecule has 0 radical (unpaired) electrons. The number of nitrogens with zero attached hydrogens (tertiary/aromatic N) is 1. The quantitative estimate of drug-likeness (QED) is 0.786. The minimum absolute atomic E-state index is 0.0617. The normalized spacial score (nSPS) is 12.2. The zero-order valence-corrected chi connectivity index (χ0v) is 9.43. The number of aryl methyl sites for hydroxylation is 1. The average molecular weight is 224 g/mol. The van der Waals surface area contributed by atoms with Crippen LogP contribution < -0.4 is 10.5 Å². The molecule has 3 N–H and O–H groups in total. The van der Waals surface area contributed by atoms with Gasteiger partial charge in [-0.1, -0.05) is 0 Å². The lowest BCUT2D eigenvalue weighted by Crippen LogP contribution is -2.13. The summed E-state index contributed by atoms with van der Waals surface area (Å²) in [7, 11) is 1.55. The molecule has 5 heteroatoms. The van der Waals surface area contributed by atoms with E-state index in [-0.39, 0.29) is 12.5 Å². The third-order valence-corrected chi connectivity index (χ3v) is 2.34. The summed E-state index contributed by atoms with van der Waals surface area (Å²) in [5.74, 6) is -0.275. The number of ether oxygens (including phenoxy) is 1. The van der Waals surface area contributed by atoms with E-state index in [2.05, 4.69) is 4.98 Å². The van der Waals surface area contributed by atoms with Crippen molar-refractivity contribution < 1.29 is 14.6 Å². The van der Waals surface area contributed by atoms with Crippen molar-refractivity contribution in [2.45, 2.75) is 25.8 Å². The van der Waals surface area contributed by atoms with E-state index < -0.39 is 5.97 Å². The standard InChI is InChI=1S/C11H16N2O3/c1-7-5-8(6-13-11(7)16-2)9(12)3-4-10(14)15/h5-6,9H,3-4,12H2,1-2H3,(H,14,15). The largest absolute Gasteiger partial charge is 0.481 e. The van der Waals surface area contributed by atoms with E-state index in [0.717, 1.165) is 11.1 Å². The van der Waals surface area contributed by atoms with Crippen molar-refractivity contribution in [1.29, 1.82) is 0 Å². The molecule has 88 valence electrons. The van der Waals surface area contributed by atoms with Gasteiger partial charge in [-0.15, -0.1) is 0 Å². The minimum Gasteiger partial charge on any atom is -0.481 e. The van der Waals surface area contributed by atoms with E-state index in [9.17, 15) is 4.79 Å². The maximum atomic E-state index is 10.4. The number of methoxy groups -OCH3 is 1. The highest BCUT2D eigenvalue weighted by atomic mass is 16.5. The van der Waals surface area contributed by atoms with Gasteiger partial charge in [0.15, 0.2) is 0 Å². The molecule has 0 amide bonds. The zero-order chi connectivity index (χ0) is 12.1. The molecule has 1 heterocycles. The summed E-state index contributed by atoms with van der Waals surface area (Å²) in [6.07, 6.45) is 2.09. The van der Waals surface area contributed by atoms with Crippen LogP contribution in [0.15, 0.2) is 12.3 Å². The second kappa shape index (κ2) is 5.46. The number of rotatable bonds is 5. The first-order chi connectivity index (χ1) is 7.54. The topological polar surface area (TPSA) is 85.4 Å². The highest BCUT2D eigenvalue weighted by Gasteiger charge is 2.10. The number of hydrogen-bond acceptors (Lipinski definition) is 4. The van der Waals surface area contributed by atoms with Crippen LogP contribution in [0.1, 0.15) is 30.0 Å². The van der Waals surface area contributed by atoms with Crippen molar-refractivity contribution in [3.8, 4) is 5.88 Å². The molecule has 5 nitrogen and oxygen atoms in total. The van der Waals surface area contributed by atoms with Gasteiger partial charge in [-0.05, 0) is 25.0 Å². The maximum Gasteiger partial charge on any atom is 0.303 e. The van der Waals surface area contributed by atoms with Crippen LogP contribution in [-0.2, 0) is 4.79 Å².